The Kier molecular flexibility index (Phi) is 8.67. The molecule has 0 radical (unpaired) electrons. The Morgan fingerprint density at radius 2 is 1.89 bits per heavy atom. The van der Waals surface area contributed by atoms with Crippen LogP contribution in [0.5, 0.6) is 0 Å². The van der Waals surface area contributed by atoms with Gasteiger partial charge in [-0.3, -0.25) is 4.79 Å². The normalized spacial score (nSPS) is 19.6. The van der Waals surface area contributed by atoms with Crippen molar-refractivity contribution in [3.05, 3.63) is 0 Å². The quantitative estimate of drug-likeness (QED) is 0.789. The van der Waals surface area contributed by atoms with Crippen molar-refractivity contribution in [2.75, 3.05) is 6.54 Å². The third kappa shape index (κ3) is 6.13. The molecule has 3 nitrogen and oxygen atoms in total. The van der Waals surface area contributed by atoms with Crippen molar-refractivity contribution < 1.29 is 4.79 Å². The molecule has 1 aliphatic rings. The van der Waals surface area contributed by atoms with Crippen LogP contribution in [0.15, 0.2) is 0 Å². The van der Waals surface area contributed by atoms with Crippen LogP contribution < -0.4 is 11.1 Å². The lowest BCUT2D eigenvalue weighted by Crippen LogP contribution is -2.55. The molecular weight excluding hydrogens is 260 g/mol. The molecule has 0 spiro atoms. The van der Waals surface area contributed by atoms with E-state index in [0.29, 0.717) is 18.9 Å². The van der Waals surface area contributed by atoms with Gasteiger partial charge in [-0.05, 0) is 25.2 Å². The molecule has 0 saturated heterocycles. The molecule has 0 aliphatic heterocycles. The predicted octanol–water partition coefficient (Wildman–Crippen LogP) is 3.26. The summed E-state index contributed by atoms with van der Waals surface area (Å²) < 4.78 is 0. The van der Waals surface area contributed by atoms with Gasteiger partial charge in [0.25, 0.3) is 0 Å². The molecule has 3 N–H and O–H groups in total. The van der Waals surface area contributed by atoms with Crippen molar-refractivity contribution in [3.8, 4) is 0 Å². The van der Waals surface area contributed by atoms with Crippen LogP contribution in [0.3, 0.4) is 0 Å². The highest BCUT2D eigenvalue weighted by atomic mass is 35.5. The van der Waals surface area contributed by atoms with Crippen LogP contribution in [0.25, 0.3) is 0 Å². The smallest absolute Gasteiger partial charge is 0.220 e. The van der Waals surface area contributed by atoms with Gasteiger partial charge in [0.15, 0.2) is 0 Å². The predicted molar refractivity (Wildman–Crippen MR) is 83.5 cm³/mol. The second-order valence-corrected chi connectivity index (χ2v) is 6.37. The minimum absolute atomic E-state index is 0. The van der Waals surface area contributed by atoms with Crippen molar-refractivity contribution >= 4 is 18.3 Å². The number of nitrogens with one attached hydrogen (secondary N) is 1. The third-order valence-corrected chi connectivity index (χ3v) is 4.63. The van der Waals surface area contributed by atoms with E-state index in [2.05, 4.69) is 19.2 Å². The second kappa shape index (κ2) is 8.80. The van der Waals surface area contributed by atoms with E-state index in [1.807, 2.05) is 6.92 Å². The van der Waals surface area contributed by atoms with Gasteiger partial charge in [-0.1, -0.05) is 46.0 Å². The first-order valence-electron chi connectivity index (χ1n) is 7.49. The van der Waals surface area contributed by atoms with Crippen LogP contribution >= 0.6 is 12.4 Å². The van der Waals surface area contributed by atoms with E-state index >= 15 is 0 Å². The van der Waals surface area contributed by atoms with E-state index in [1.165, 1.54) is 32.1 Å². The van der Waals surface area contributed by atoms with Crippen molar-refractivity contribution in [2.24, 2.45) is 17.6 Å². The van der Waals surface area contributed by atoms with Gasteiger partial charge in [-0.25, -0.2) is 0 Å². The van der Waals surface area contributed by atoms with Crippen LogP contribution in [0.2, 0.25) is 0 Å². The Balaban J connectivity index is 0.00000324. The van der Waals surface area contributed by atoms with E-state index < -0.39 is 0 Å². The van der Waals surface area contributed by atoms with Gasteiger partial charge in [0.1, 0.15) is 0 Å². The van der Waals surface area contributed by atoms with E-state index in [9.17, 15) is 4.79 Å². The molecule has 1 rings (SSSR count). The van der Waals surface area contributed by atoms with E-state index in [4.69, 9.17) is 5.73 Å². The molecule has 1 saturated carbocycles. The first-order chi connectivity index (χ1) is 8.48. The molecule has 0 bridgehead atoms. The fourth-order valence-electron chi connectivity index (χ4n) is 2.62. The Labute approximate surface area is 124 Å². The maximum Gasteiger partial charge on any atom is 0.220 e. The van der Waals surface area contributed by atoms with E-state index in [1.54, 1.807) is 0 Å². The molecule has 1 fully saturated rings. The van der Waals surface area contributed by atoms with Gasteiger partial charge >= 0.3 is 0 Å². The van der Waals surface area contributed by atoms with Gasteiger partial charge in [0.05, 0.1) is 5.54 Å². The summed E-state index contributed by atoms with van der Waals surface area (Å²) in [5.74, 6) is 1.30. The Hall–Kier alpha value is -0.280. The molecule has 0 aromatic carbocycles. The van der Waals surface area contributed by atoms with Gasteiger partial charge in [-0.15, -0.1) is 12.4 Å². The molecular formula is C15H31ClN2O. The van der Waals surface area contributed by atoms with Gasteiger partial charge in [-0.2, -0.15) is 0 Å². The molecule has 1 amide bonds. The highest BCUT2D eigenvalue weighted by molar-refractivity contribution is 5.85. The van der Waals surface area contributed by atoms with Crippen molar-refractivity contribution in [2.45, 2.75) is 71.3 Å². The van der Waals surface area contributed by atoms with Crippen LogP contribution in [0.1, 0.15) is 65.7 Å². The number of hydrogen-bond acceptors (Lipinski definition) is 2. The van der Waals surface area contributed by atoms with Gasteiger partial charge in [0.2, 0.25) is 5.91 Å². The second-order valence-electron chi connectivity index (χ2n) is 6.37. The zero-order valence-corrected chi connectivity index (χ0v) is 13.5. The summed E-state index contributed by atoms with van der Waals surface area (Å²) in [4.78, 5) is 12.0. The molecule has 1 unspecified atom stereocenters. The van der Waals surface area contributed by atoms with Crippen LogP contribution in [-0.4, -0.2) is 18.0 Å². The SMILES string of the molecule is CC(C)C(C)(CN)NC(=O)CCC1CCCCC1.Cl. The summed E-state index contributed by atoms with van der Waals surface area (Å²) in [5, 5.41) is 3.12. The molecule has 1 atom stereocenters. The summed E-state index contributed by atoms with van der Waals surface area (Å²) in [7, 11) is 0. The molecule has 0 aromatic heterocycles. The average molecular weight is 291 g/mol. The average Bonchev–Trinajstić information content (AvgIpc) is 2.37. The number of hydrogen-bond donors (Lipinski definition) is 2. The zero-order chi connectivity index (χ0) is 13.6. The maximum atomic E-state index is 12.0. The lowest BCUT2D eigenvalue weighted by atomic mass is 9.85. The van der Waals surface area contributed by atoms with Gasteiger partial charge < -0.3 is 11.1 Å². The number of carbonyl (C=O) groups is 1. The van der Waals surface area contributed by atoms with Crippen LogP contribution in [-0.2, 0) is 4.79 Å². The lowest BCUT2D eigenvalue weighted by Gasteiger charge is -2.34. The van der Waals surface area contributed by atoms with Crippen molar-refractivity contribution in [3.63, 3.8) is 0 Å². The first-order valence-corrected chi connectivity index (χ1v) is 7.49. The van der Waals surface area contributed by atoms with Crippen molar-refractivity contribution in [1.82, 2.24) is 5.32 Å². The number of rotatable bonds is 6. The molecule has 0 aromatic rings. The summed E-state index contributed by atoms with van der Waals surface area (Å²) >= 11 is 0. The Morgan fingerprint density at radius 3 is 2.37 bits per heavy atom. The maximum absolute atomic E-state index is 12.0. The van der Waals surface area contributed by atoms with E-state index in [-0.39, 0.29) is 23.9 Å². The Bertz CT molecular complexity index is 265. The fraction of sp³-hybridized carbons (Fsp3) is 0.933. The number of nitrogens with two attached hydrogens (primary N) is 1. The number of halogens is 1. The van der Waals surface area contributed by atoms with Crippen LogP contribution in [0, 0.1) is 11.8 Å². The number of carbonyl (C=O) groups excluding carboxylic acids is 1. The first kappa shape index (κ1) is 18.7. The molecule has 1 aliphatic carbocycles. The monoisotopic (exact) mass is 290 g/mol. The Morgan fingerprint density at radius 1 is 1.32 bits per heavy atom. The summed E-state index contributed by atoms with van der Waals surface area (Å²) in [5.41, 5.74) is 5.52. The zero-order valence-electron chi connectivity index (χ0n) is 12.7. The molecule has 19 heavy (non-hydrogen) atoms. The van der Waals surface area contributed by atoms with Crippen molar-refractivity contribution in [1.29, 1.82) is 0 Å². The van der Waals surface area contributed by atoms with Gasteiger partial charge in [0, 0.05) is 13.0 Å². The summed E-state index contributed by atoms with van der Waals surface area (Å²) in [6, 6.07) is 0. The molecule has 4 heteroatoms. The highest BCUT2D eigenvalue weighted by Crippen LogP contribution is 2.27. The summed E-state index contributed by atoms with van der Waals surface area (Å²) in [6.45, 7) is 6.75. The third-order valence-electron chi connectivity index (χ3n) is 4.63. The lowest BCUT2D eigenvalue weighted by molar-refractivity contribution is -0.123. The largest absolute Gasteiger partial charge is 0.349 e. The topological polar surface area (TPSA) is 55.1 Å². The summed E-state index contributed by atoms with van der Waals surface area (Å²) in [6.07, 6.45) is 8.40. The standard InChI is InChI=1S/C15H30N2O.ClH/c1-12(2)15(3,11-16)17-14(18)10-9-13-7-5-4-6-8-13;/h12-13H,4-11,16H2,1-3H3,(H,17,18);1H. The van der Waals surface area contributed by atoms with Crippen LogP contribution in [0.4, 0.5) is 0 Å². The van der Waals surface area contributed by atoms with E-state index in [0.717, 1.165) is 12.3 Å². The minimum atomic E-state index is -0.260. The number of amides is 1. The highest BCUT2D eigenvalue weighted by Gasteiger charge is 2.28. The fourth-order valence-corrected chi connectivity index (χ4v) is 2.62. The minimum Gasteiger partial charge on any atom is -0.349 e. The molecule has 114 valence electrons. The molecule has 0 heterocycles.